The molecule has 0 aliphatic carbocycles. The number of nitrogens with one attached hydrogen (secondary N) is 1. The van der Waals surface area contributed by atoms with E-state index in [1.807, 2.05) is 19.1 Å². The lowest BCUT2D eigenvalue weighted by Crippen LogP contribution is -2.16. The van der Waals surface area contributed by atoms with Crippen LogP contribution in [0.3, 0.4) is 0 Å². The Morgan fingerprint density at radius 2 is 1.82 bits per heavy atom. The predicted molar refractivity (Wildman–Crippen MR) is 111 cm³/mol. The van der Waals surface area contributed by atoms with Gasteiger partial charge in [0.25, 0.3) is 0 Å². The second-order valence-electron chi connectivity index (χ2n) is 6.76. The third-order valence-corrected chi connectivity index (χ3v) is 5.66. The Morgan fingerprint density at radius 1 is 1.14 bits per heavy atom. The quantitative estimate of drug-likeness (QED) is 0.586. The molecule has 28 heavy (non-hydrogen) atoms. The molecule has 0 spiro atoms. The first-order chi connectivity index (χ1) is 13.5. The normalized spacial score (nSPS) is 13.5. The van der Waals surface area contributed by atoms with Gasteiger partial charge in [-0.1, -0.05) is 12.1 Å². The molecular weight excluding hydrogens is 425 g/mol. The van der Waals surface area contributed by atoms with E-state index >= 15 is 0 Å². The number of ether oxygens (including phenoxy) is 2. The van der Waals surface area contributed by atoms with Gasteiger partial charge in [0.15, 0.2) is 11.5 Å². The molecule has 5 nitrogen and oxygen atoms in total. The molecule has 3 aromatic rings. The van der Waals surface area contributed by atoms with Crippen LogP contribution >= 0.6 is 15.9 Å². The smallest absolute Gasteiger partial charge is 0.204 e. The number of benzene rings is 2. The van der Waals surface area contributed by atoms with Crippen molar-refractivity contribution in [3.05, 3.63) is 57.9 Å². The molecular formula is C21H21BrFN3O2. The SMILES string of the molecule is COc1cc2c(cc1OC)-c1c(Br)nc(NC(C)c3ccc(F)cc3)n1CC2. The first kappa shape index (κ1) is 18.8. The van der Waals surface area contributed by atoms with Gasteiger partial charge in [-0.25, -0.2) is 9.37 Å². The number of fused-ring (bicyclic) bond motifs is 3. The minimum Gasteiger partial charge on any atom is -0.493 e. The van der Waals surface area contributed by atoms with Crippen molar-refractivity contribution in [1.82, 2.24) is 9.55 Å². The summed E-state index contributed by atoms with van der Waals surface area (Å²) in [6.45, 7) is 2.84. The van der Waals surface area contributed by atoms with E-state index in [1.54, 1.807) is 26.4 Å². The number of hydrogen-bond donors (Lipinski definition) is 1. The number of anilines is 1. The van der Waals surface area contributed by atoms with E-state index in [-0.39, 0.29) is 11.9 Å². The number of imidazole rings is 1. The van der Waals surface area contributed by atoms with Crippen molar-refractivity contribution in [2.24, 2.45) is 0 Å². The highest BCUT2D eigenvalue weighted by Gasteiger charge is 2.26. The van der Waals surface area contributed by atoms with Crippen molar-refractivity contribution in [2.75, 3.05) is 19.5 Å². The van der Waals surface area contributed by atoms with Gasteiger partial charge in [-0.05, 0) is 64.7 Å². The molecule has 0 radical (unpaired) electrons. The van der Waals surface area contributed by atoms with Gasteiger partial charge in [-0.15, -0.1) is 0 Å². The minimum absolute atomic E-state index is 0.00852. The summed E-state index contributed by atoms with van der Waals surface area (Å²) in [6, 6.07) is 10.5. The summed E-state index contributed by atoms with van der Waals surface area (Å²) in [5.41, 5.74) is 4.28. The third-order valence-electron chi connectivity index (χ3n) is 5.11. The maximum Gasteiger partial charge on any atom is 0.204 e. The summed E-state index contributed by atoms with van der Waals surface area (Å²) < 4.78 is 27.1. The molecule has 1 unspecified atom stereocenters. The standard InChI is InChI=1S/C21H21BrFN3O2/c1-12(13-4-6-15(23)7-5-13)24-21-25-20(22)19-16-11-18(28-3)17(27-2)10-14(16)8-9-26(19)21/h4-7,10-12H,8-9H2,1-3H3,(H,24,25). The molecule has 4 rings (SSSR count). The van der Waals surface area contributed by atoms with Crippen molar-refractivity contribution in [1.29, 1.82) is 0 Å². The fourth-order valence-electron chi connectivity index (χ4n) is 3.62. The number of hydrogen-bond acceptors (Lipinski definition) is 4. The maximum absolute atomic E-state index is 13.2. The van der Waals surface area contributed by atoms with E-state index in [0.29, 0.717) is 5.75 Å². The topological polar surface area (TPSA) is 48.3 Å². The number of rotatable bonds is 5. The van der Waals surface area contributed by atoms with Crippen molar-refractivity contribution in [3.8, 4) is 22.8 Å². The maximum atomic E-state index is 13.2. The predicted octanol–water partition coefficient (Wildman–Crippen LogP) is 5.20. The number of halogens is 2. The van der Waals surface area contributed by atoms with E-state index in [9.17, 15) is 4.39 Å². The van der Waals surface area contributed by atoms with Gasteiger partial charge >= 0.3 is 0 Å². The van der Waals surface area contributed by atoms with Crippen LogP contribution in [-0.2, 0) is 13.0 Å². The zero-order valence-electron chi connectivity index (χ0n) is 15.9. The van der Waals surface area contributed by atoms with Crippen LogP contribution in [0.2, 0.25) is 0 Å². The second-order valence-corrected chi connectivity index (χ2v) is 7.51. The van der Waals surface area contributed by atoms with E-state index in [2.05, 4.69) is 25.8 Å². The highest BCUT2D eigenvalue weighted by atomic mass is 79.9. The van der Waals surface area contributed by atoms with Crippen LogP contribution in [0.4, 0.5) is 10.3 Å². The second kappa shape index (κ2) is 7.47. The fourth-order valence-corrected chi connectivity index (χ4v) is 4.21. The molecule has 1 N–H and O–H groups in total. The molecule has 0 amide bonds. The Labute approximate surface area is 171 Å². The molecule has 2 aromatic carbocycles. The zero-order valence-corrected chi connectivity index (χ0v) is 17.5. The van der Waals surface area contributed by atoms with Crippen molar-refractivity contribution in [3.63, 3.8) is 0 Å². The van der Waals surface area contributed by atoms with Gasteiger partial charge in [0.1, 0.15) is 10.4 Å². The van der Waals surface area contributed by atoms with E-state index < -0.39 is 0 Å². The Morgan fingerprint density at radius 3 is 2.50 bits per heavy atom. The lowest BCUT2D eigenvalue weighted by molar-refractivity contribution is 0.354. The van der Waals surface area contributed by atoms with Gasteiger partial charge in [0.2, 0.25) is 5.95 Å². The highest BCUT2D eigenvalue weighted by molar-refractivity contribution is 9.10. The monoisotopic (exact) mass is 445 g/mol. The molecule has 0 bridgehead atoms. The number of aromatic nitrogens is 2. The van der Waals surface area contributed by atoms with Gasteiger partial charge in [-0.3, -0.25) is 0 Å². The lowest BCUT2D eigenvalue weighted by Gasteiger charge is -2.23. The Bertz CT molecular complexity index is 1020. The van der Waals surface area contributed by atoms with E-state index in [1.165, 1.54) is 17.7 Å². The van der Waals surface area contributed by atoms with Crippen LogP contribution in [0, 0.1) is 5.82 Å². The number of methoxy groups -OCH3 is 2. The summed E-state index contributed by atoms with van der Waals surface area (Å²) in [5, 5.41) is 3.45. The summed E-state index contributed by atoms with van der Waals surface area (Å²) in [5.74, 6) is 1.96. The molecule has 1 aliphatic heterocycles. The molecule has 0 saturated carbocycles. The van der Waals surface area contributed by atoms with Crippen molar-refractivity contribution < 1.29 is 13.9 Å². The van der Waals surface area contributed by atoms with Crippen LogP contribution in [-0.4, -0.2) is 23.8 Å². The molecule has 1 aliphatic rings. The van der Waals surface area contributed by atoms with Crippen LogP contribution < -0.4 is 14.8 Å². The molecule has 0 fully saturated rings. The van der Waals surface area contributed by atoms with Crippen LogP contribution in [0.1, 0.15) is 24.1 Å². The zero-order chi connectivity index (χ0) is 19.8. The van der Waals surface area contributed by atoms with Crippen LogP contribution in [0.5, 0.6) is 11.5 Å². The fraction of sp³-hybridized carbons (Fsp3) is 0.286. The van der Waals surface area contributed by atoms with Gasteiger partial charge in [0, 0.05) is 12.1 Å². The van der Waals surface area contributed by atoms with E-state index in [4.69, 9.17) is 14.5 Å². The lowest BCUT2D eigenvalue weighted by atomic mass is 9.98. The van der Waals surface area contributed by atoms with Crippen LogP contribution in [0.15, 0.2) is 41.0 Å². The molecule has 7 heteroatoms. The van der Waals surface area contributed by atoms with Gasteiger partial charge < -0.3 is 19.4 Å². The summed E-state index contributed by atoms with van der Waals surface area (Å²) in [4.78, 5) is 4.69. The average Bonchev–Trinajstić information content (AvgIpc) is 3.02. The minimum atomic E-state index is -0.238. The van der Waals surface area contributed by atoms with Crippen molar-refractivity contribution >= 4 is 21.9 Å². The average molecular weight is 446 g/mol. The highest BCUT2D eigenvalue weighted by Crippen LogP contribution is 2.42. The third kappa shape index (κ3) is 3.24. The Hall–Kier alpha value is -2.54. The largest absolute Gasteiger partial charge is 0.493 e. The molecule has 1 aromatic heterocycles. The van der Waals surface area contributed by atoms with Crippen LogP contribution in [0.25, 0.3) is 11.3 Å². The van der Waals surface area contributed by atoms with Gasteiger partial charge in [0.05, 0.1) is 26.0 Å². The summed E-state index contributed by atoms with van der Waals surface area (Å²) in [6.07, 6.45) is 0.866. The first-order valence-corrected chi connectivity index (χ1v) is 9.84. The molecule has 2 heterocycles. The molecule has 1 atom stereocenters. The first-order valence-electron chi connectivity index (χ1n) is 9.05. The Balaban J connectivity index is 1.71. The summed E-state index contributed by atoms with van der Waals surface area (Å²) in [7, 11) is 3.28. The molecule has 146 valence electrons. The van der Waals surface area contributed by atoms with E-state index in [0.717, 1.165) is 46.1 Å². The van der Waals surface area contributed by atoms with Crippen molar-refractivity contribution in [2.45, 2.75) is 25.9 Å². The summed E-state index contributed by atoms with van der Waals surface area (Å²) >= 11 is 3.62. The number of nitrogens with zero attached hydrogens (tertiary/aromatic N) is 2. The number of aryl methyl sites for hydroxylation is 1. The van der Waals surface area contributed by atoms with Gasteiger partial charge in [-0.2, -0.15) is 0 Å². The molecule has 0 saturated heterocycles. The Kier molecular flexibility index (Phi) is 5.02.